The zero-order valence-electron chi connectivity index (χ0n) is 4.20. The van der Waals surface area contributed by atoms with E-state index in [1.165, 1.54) is 0 Å². The van der Waals surface area contributed by atoms with E-state index in [1.807, 2.05) is 0 Å². The Hall–Kier alpha value is 0.596. The zero-order chi connectivity index (χ0) is 6.50. The van der Waals surface area contributed by atoms with Crippen LogP contribution >= 0.6 is 0 Å². The molecule has 0 amide bonds. The molecule has 0 saturated heterocycles. The monoisotopic (exact) mass is 152 g/mol. The van der Waals surface area contributed by atoms with E-state index in [-0.39, 0.29) is 23.1 Å². The van der Waals surface area contributed by atoms with Crippen LogP contribution in [0.15, 0.2) is 0 Å². The van der Waals surface area contributed by atoms with E-state index >= 15 is 0 Å². The van der Waals surface area contributed by atoms with E-state index in [9.17, 15) is 0 Å². The first kappa shape index (κ1) is 15.8. The minimum Gasteiger partial charge on any atom is -0.857 e. The first-order valence-corrected chi connectivity index (χ1v) is 2.46. The summed E-state index contributed by atoms with van der Waals surface area (Å²) in [7, 11) is -4.17. The largest absolute Gasteiger partial charge is 2.00 e. The molecule has 0 atom stereocenters. The van der Waals surface area contributed by atoms with Gasteiger partial charge >= 0.3 is 23.1 Å². The van der Waals surface area contributed by atoms with Crippen LogP contribution in [0.1, 0.15) is 0 Å². The van der Waals surface area contributed by atoms with Crippen LogP contribution in [0, 0.1) is 0 Å². The van der Waals surface area contributed by atoms with Gasteiger partial charge in [0.05, 0.1) is 0 Å². The predicted octanol–water partition coefficient (Wildman–Crippen LogP) is -2.40. The third-order valence-electron chi connectivity index (χ3n) is 0. The van der Waals surface area contributed by atoms with Crippen molar-refractivity contribution >= 4 is 33.5 Å². The molecule has 0 radical (unpaired) electrons. The third kappa shape index (κ3) is 581. The third-order valence-corrected chi connectivity index (χ3v) is 0. The quantitative estimate of drug-likeness (QED) is 0.237. The van der Waals surface area contributed by atoms with Gasteiger partial charge in [-0.25, -0.2) is 8.42 Å². The van der Waals surface area contributed by atoms with Crippen molar-refractivity contribution in [3.63, 3.8) is 0 Å². The first-order chi connectivity index (χ1) is 3.00. The maximum Gasteiger partial charge on any atom is 2.00 e. The Kier molecular flexibility index (Phi) is 15.0. The second kappa shape index (κ2) is 7.60. The van der Waals surface area contributed by atoms with Gasteiger partial charge in [-0.1, -0.05) is 0 Å². The van der Waals surface area contributed by atoms with Crippen molar-refractivity contribution in [3.05, 3.63) is 0 Å². The second-order valence-corrected chi connectivity index (χ2v) is 1.28. The van der Waals surface area contributed by atoms with Crippen LogP contribution in [0.25, 0.3) is 0 Å². The fraction of sp³-hybridized carbons (Fsp3) is 1.00. The van der Waals surface area contributed by atoms with Crippen molar-refractivity contribution in [1.29, 1.82) is 0 Å². The molecule has 46 valence electrons. The van der Waals surface area contributed by atoms with Gasteiger partial charge < -0.3 is 9.66 Å². The fourth-order valence-corrected chi connectivity index (χ4v) is 0. The van der Waals surface area contributed by atoms with E-state index in [4.69, 9.17) is 22.6 Å². The Morgan fingerprint density at radius 3 is 1.38 bits per heavy atom. The molecule has 0 aliphatic rings. The van der Waals surface area contributed by atoms with Gasteiger partial charge in [-0.3, -0.25) is 4.55 Å². The number of hydrogen-bond donors (Lipinski definition) is 1. The molecule has 0 aromatic heterocycles. The molecule has 8 heavy (non-hydrogen) atoms. The predicted molar refractivity (Wildman–Crippen MR) is 24.0 cm³/mol. The Morgan fingerprint density at radius 1 is 1.38 bits per heavy atom. The molecule has 0 aromatic carbocycles. The molecular formula is CH4MgO5S. The van der Waals surface area contributed by atoms with Crippen LogP contribution in [0.4, 0.5) is 0 Å². The molecule has 0 fully saturated rings. The van der Waals surface area contributed by atoms with Gasteiger partial charge in [0, 0.05) is 0 Å². The molecule has 0 aliphatic heterocycles. The van der Waals surface area contributed by atoms with Gasteiger partial charge in [0.1, 0.15) is 0 Å². The van der Waals surface area contributed by atoms with Crippen LogP contribution in [0.2, 0.25) is 0 Å². The molecule has 0 unspecified atom stereocenters. The smallest absolute Gasteiger partial charge is 0.857 e. The topological polar surface area (TPSA) is 100 Å². The van der Waals surface area contributed by atoms with E-state index in [0.29, 0.717) is 0 Å². The Balaban J connectivity index is -0.0000000750. The van der Waals surface area contributed by atoms with Crippen LogP contribution in [-0.4, -0.2) is 47.7 Å². The maximum atomic E-state index is 8.63. The Bertz CT molecular complexity index is 95.6. The summed E-state index contributed by atoms with van der Waals surface area (Å²) in [4.78, 5) is 0. The normalized spacial score (nSPS) is 8.00. The minimum atomic E-state index is -4.92. The molecule has 0 bridgehead atoms. The van der Waals surface area contributed by atoms with E-state index in [1.54, 1.807) is 0 Å². The van der Waals surface area contributed by atoms with Gasteiger partial charge in [-0.2, -0.15) is 7.11 Å². The summed E-state index contributed by atoms with van der Waals surface area (Å²) in [5.74, 6) is 0. The molecule has 0 spiro atoms. The molecule has 0 aromatic rings. The first-order valence-electron chi connectivity index (χ1n) is 1.09. The van der Waals surface area contributed by atoms with Crippen molar-refractivity contribution in [2.75, 3.05) is 7.11 Å². The maximum absolute atomic E-state index is 8.63. The minimum absolute atomic E-state index is 0. The summed E-state index contributed by atoms with van der Waals surface area (Å²) in [6, 6.07) is 0. The van der Waals surface area contributed by atoms with Crippen LogP contribution < -0.4 is 5.11 Å². The second-order valence-electron chi connectivity index (χ2n) is 0.428. The van der Waals surface area contributed by atoms with Crippen LogP contribution in [0.5, 0.6) is 0 Å². The molecule has 0 saturated carbocycles. The number of rotatable bonds is 0. The van der Waals surface area contributed by atoms with Crippen molar-refractivity contribution < 1.29 is 22.6 Å². The fourth-order valence-electron chi connectivity index (χ4n) is 0. The summed E-state index contributed by atoms with van der Waals surface area (Å²) in [5.41, 5.74) is 0. The van der Waals surface area contributed by atoms with Gasteiger partial charge in [0.2, 0.25) is 10.4 Å². The average Bonchev–Trinajstić information content (AvgIpc) is 1.36. The van der Waals surface area contributed by atoms with Crippen molar-refractivity contribution in [2.45, 2.75) is 0 Å². The van der Waals surface area contributed by atoms with Gasteiger partial charge in [-0.05, 0) is 0 Å². The molecule has 0 rings (SSSR count). The molecule has 7 heteroatoms. The van der Waals surface area contributed by atoms with E-state index in [0.717, 1.165) is 7.11 Å². The standard InChI is InChI=1S/CH3O.Mg.H2O4S/c1-2;;1-5(2,3)4/h1H3;;(H2,1,2,3,4)/q-1;+2;/p-1. The van der Waals surface area contributed by atoms with Gasteiger partial charge in [-0.15, -0.1) is 0 Å². The average molecular weight is 152 g/mol. The van der Waals surface area contributed by atoms with Crippen LogP contribution in [-0.2, 0) is 10.4 Å². The molecule has 0 aliphatic carbocycles. The van der Waals surface area contributed by atoms with Crippen molar-refractivity contribution in [3.8, 4) is 0 Å². The number of hydrogen-bond acceptors (Lipinski definition) is 4. The SMILES string of the molecule is C[O-].O=S(=O)([O-])O.[Mg+2]. The summed E-state index contributed by atoms with van der Waals surface area (Å²) in [5, 5.41) is 8.25. The van der Waals surface area contributed by atoms with Crippen molar-refractivity contribution in [1.82, 2.24) is 0 Å². The van der Waals surface area contributed by atoms with Crippen molar-refractivity contribution in [2.24, 2.45) is 0 Å². The summed E-state index contributed by atoms with van der Waals surface area (Å²) in [6.07, 6.45) is 0. The van der Waals surface area contributed by atoms with E-state index < -0.39 is 10.4 Å². The van der Waals surface area contributed by atoms with E-state index in [2.05, 4.69) is 0 Å². The summed E-state index contributed by atoms with van der Waals surface area (Å²) < 4.78 is 32.8. The molecule has 0 heterocycles. The van der Waals surface area contributed by atoms with Gasteiger partial charge in [0.25, 0.3) is 0 Å². The molecule has 1 N–H and O–H groups in total. The Labute approximate surface area is 63.4 Å². The summed E-state index contributed by atoms with van der Waals surface area (Å²) >= 11 is 0. The van der Waals surface area contributed by atoms with Gasteiger partial charge in [0.15, 0.2) is 0 Å². The van der Waals surface area contributed by atoms with Crippen LogP contribution in [0.3, 0.4) is 0 Å². The molecule has 5 nitrogen and oxygen atoms in total. The molecular weight excluding hydrogens is 148 g/mol. The summed E-state index contributed by atoms with van der Waals surface area (Å²) in [6.45, 7) is 0. The Morgan fingerprint density at radius 2 is 1.38 bits per heavy atom. The zero-order valence-corrected chi connectivity index (χ0v) is 6.43.